The average Bonchev–Trinajstić information content (AvgIpc) is 3.36. The first kappa shape index (κ1) is 18.0. The molecule has 1 N–H and O–H groups in total. The molecule has 3 heterocycles. The van der Waals surface area contributed by atoms with E-state index in [0.29, 0.717) is 12.1 Å². The van der Waals surface area contributed by atoms with Gasteiger partial charge in [0.15, 0.2) is 0 Å². The van der Waals surface area contributed by atoms with E-state index in [9.17, 15) is 4.79 Å². The molecule has 2 aromatic heterocycles. The van der Waals surface area contributed by atoms with Gasteiger partial charge in [0.25, 0.3) is 0 Å². The van der Waals surface area contributed by atoms with Crippen molar-refractivity contribution in [1.29, 1.82) is 0 Å². The maximum absolute atomic E-state index is 12.0. The van der Waals surface area contributed by atoms with Crippen molar-refractivity contribution in [1.82, 2.24) is 10.2 Å². The molecule has 0 amide bonds. The zero-order valence-electron chi connectivity index (χ0n) is 16.0. The van der Waals surface area contributed by atoms with Gasteiger partial charge in [-0.25, -0.2) is 4.79 Å². The first-order valence-electron chi connectivity index (χ1n) is 9.64. The molecule has 0 spiro atoms. The first-order valence-corrected chi connectivity index (χ1v) is 9.64. The number of likely N-dealkylation sites (tertiary alicyclic amines) is 1. The Kier molecular flexibility index (Phi) is 5.14. The van der Waals surface area contributed by atoms with Gasteiger partial charge in [-0.05, 0) is 68.6 Å². The van der Waals surface area contributed by atoms with Crippen molar-refractivity contribution in [3.8, 4) is 0 Å². The second-order valence-electron chi connectivity index (χ2n) is 7.38. The van der Waals surface area contributed by atoms with Gasteiger partial charge in [0.1, 0.15) is 11.3 Å². The number of rotatable bonds is 6. The molecule has 5 heteroatoms. The van der Waals surface area contributed by atoms with Crippen molar-refractivity contribution in [2.24, 2.45) is 0 Å². The lowest BCUT2D eigenvalue weighted by Gasteiger charge is -2.26. The third-order valence-electron chi connectivity index (χ3n) is 5.62. The molecule has 27 heavy (non-hydrogen) atoms. The number of furan rings is 1. The van der Waals surface area contributed by atoms with Crippen LogP contribution in [0.15, 0.2) is 50.2 Å². The van der Waals surface area contributed by atoms with Crippen LogP contribution < -0.4 is 10.9 Å². The van der Waals surface area contributed by atoms with E-state index in [1.54, 1.807) is 12.3 Å². The number of hydrogen-bond donors (Lipinski definition) is 1. The van der Waals surface area contributed by atoms with E-state index < -0.39 is 0 Å². The minimum atomic E-state index is -0.296. The SMILES string of the molecule is Cc1ccc2c(CNC[C@H](c3ccco3)N3CCCC3)cc(=O)oc2c1C. The molecule has 1 atom stereocenters. The summed E-state index contributed by atoms with van der Waals surface area (Å²) >= 11 is 0. The second-order valence-corrected chi connectivity index (χ2v) is 7.38. The molecular formula is C22H26N2O3. The zero-order valence-corrected chi connectivity index (χ0v) is 16.0. The Hall–Kier alpha value is -2.37. The molecule has 1 aliphatic rings. The van der Waals surface area contributed by atoms with Crippen LogP contribution >= 0.6 is 0 Å². The molecule has 0 radical (unpaired) electrons. The molecule has 1 aliphatic heterocycles. The van der Waals surface area contributed by atoms with E-state index in [-0.39, 0.29) is 11.7 Å². The van der Waals surface area contributed by atoms with E-state index in [1.165, 1.54) is 12.8 Å². The Morgan fingerprint density at radius 1 is 1.19 bits per heavy atom. The van der Waals surface area contributed by atoms with Gasteiger partial charge < -0.3 is 14.2 Å². The third kappa shape index (κ3) is 3.70. The molecule has 0 saturated carbocycles. The van der Waals surface area contributed by atoms with Gasteiger partial charge in [-0.2, -0.15) is 0 Å². The van der Waals surface area contributed by atoms with Crippen LogP contribution in [0.5, 0.6) is 0 Å². The highest BCUT2D eigenvalue weighted by Crippen LogP contribution is 2.26. The quantitative estimate of drug-likeness (QED) is 0.670. The van der Waals surface area contributed by atoms with E-state index >= 15 is 0 Å². The van der Waals surface area contributed by atoms with Gasteiger partial charge >= 0.3 is 5.63 Å². The number of fused-ring (bicyclic) bond motifs is 1. The largest absolute Gasteiger partial charge is 0.468 e. The standard InChI is InChI=1S/C22H26N2O3/c1-15-7-8-18-17(12-21(25)27-22(18)16(15)2)13-23-14-19(20-6-5-11-26-20)24-9-3-4-10-24/h5-8,11-12,19,23H,3-4,9-10,13-14H2,1-2H3/t19-/m1/s1. The summed E-state index contributed by atoms with van der Waals surface area (Å²) in [6.07, 6.45) is 4.21. The zero-order chi connectivity index (χ0) is 18.8. The summed E-state index contributed by atoms with van der Waals surface area (Å²) in [5.41, 5.74) is 3.53. The second kappa shape index (κ2) is 7.71. The molecule has 1 aromatic carbocycles. The molecule has 1 saturated heterocycles. The molecule has 0 bridgehead atoms. The number of nitrogens with zero attached hydrogens (tertiary/aromatic N) is 1. The van der Waals surface area contributed by atoms with Crippen molar-refractivity contribution in [2.45, 2.75) is 39.3 Å². The van der Waals surface area contributed by atoms with Crippen LogP contribution in [0.4, 0.5) is 0 Å². The highest BCUT2D eigenvalue weighted by molar-refractivity contribution is 5.83. The summed E-state index contributed by atoms with van der Waals surface area (Å²) in [7, 11) is 0. The van der Waals surface area contributed by atoms with Gasteiger partial charge in [-0.1, -0.05) is 12.1 Å². The minimum Gasteiger partial charge on any atom is -0.468 e. The molecule has 0 aliphatic carbocycles. The van der Waals surface area contributed by atoms with E-state index in [4.69, 9.17) is 8.83 Å². The van der Waals surface area contributed by atoms with E-state index in [1.807, 2.05) is 32.0 Å². The number of hydrogen-bond acceptors (Lipinski definition) is 5. The van der Waals surface area contributed by atoms with Crippen molar-refractivity contribution >= 4 is 11.0 Å². The lowest BCUT2D eigenvalue weighted by Crippen LogP contribution is -2.33. The fourth-order valence-electron chi connectivity index (χ4n) is 3.96. The average molecular weight is 366 g/mol. The monoisotopic (exact) mass is 366 g/mol. The van der Waals surface area contributed by atoms with E-state index in [2.05, 4.69) is 16.3 Å². The Bertz CT molecular complexity index is 969. The van der Waals surface area contributed by atoms with Crippen molar-refractivity contribution in [2.75, 3.05) is 19.6 Å². The Morgan fingerprint density at radius 2 is 2.00 bits per heavy atom. The van der Waals surface area contributed by atoms with Crippen LogP contribution in [-0.2, 0) is 6.54 Å². The topological polar surface area (TPSA) is 58.6 Å². The van der Waals surface area contributed by atoms with Crippen LogP contribution in [0.1, 0.15) is 41.3 Å². The van der Waals surface area contributed by atoms with Gasteiger partial charge in [0, 0.05) is 24.5 Å². The molecule has 142 valence electrons. The van der Waals surface area contributed by atoms with Crippen molar-refractivity contribution < 1.29 is 8.83 Å². The fraction of sp³-hybridized carbons (Fsp3) is 0.409. The van der Waals surface area contributed by atoms with Crippen LogP contribution in [0.2, 0.25) is 0 Å². The number of nitrogens with one attached hydrogen (secondary N) is 1. The molecular weight excluding hydrogens is 340 g/mol. The Balaban J connectivity index is 1.54. The summed E-state index contributed by atoms with van der Waals surface area (Å²) in [5, 5.41) is 4.54. The van der Waals surface area contributed by atoms with Crippen molar-refractivity contribution in [3.05, 3.63) is 69.5 Å². The lowest BCUT2D eigenvalue weighted by molar-refractivity contribution is 0.209. The van der Waals surface area contributed by atoms with Crippen LogP contribution in [0.3, 0.4) is 0 Å². The van der Waals surface area contributed by atoms with Crippen LogP contribution in [0, 0.1) is 13.8 Å². The van der Waals surface area contributed by atoms with Gasteiger partial charge in [0.05, 0.1) is 12.3 Å². The van der Waals surface area contributed by atoms with E-state index in [0.717, 1.165) is 47.5 Å². The first-order chi connectivity index (χ1) is 13.1. The van der Waals surface area contributed by atoms with Crippen LogP contribution in [0.25, 0.3) is 11.0 Å². The van der Waals surface area contributed by atoms with Crippen LogP contribution in [-0.4, -0.2) is 24.5 Å². The molecule has 3 aromatic rings. The molecule has 0 unspecified atom stereocenters. The predicted molar refractivity (Wildman–Crippen MR) is 106 cm³/mol. The molecule has 5 nitrogen and oxygen atoms in total. The maximum atomic E-state index is 12.0. The Labute approximate surface area is 159 Å². The maximum Gasteiger partial charge on any atom is 0.336 e. The van der Waals surface area contributed by atoms with Crippen molar-refractivity contribution in [3.63, 3.8) is 0 Å². The van der Waals surface area contributed by atoms with Gasteiger partial charge in [-0.15, -0.1) is 0 Å². The fourth-order valence-corrected chi connectivity index (χ4v) is 3.96. The lowest BCUT2D eigenvalue weighted by atomic mass is 10.0. The summed E-state index contributed by atoms with van der Waals surface area (Å²) < 4.78 is 11.2. The normalized spacial score (nSPS) is 16.2. The summed E-state index contributed by atoms with van der Waals surface area (Å²) in [6.45, 7) is 7.63. The summed E-state index contributed by atoms with van der Waals surface area (Å²) in [5.74, 6) is 0.994. The molecule has 1 fully saturated rings. The predicted octanol–water partition coefficient (Wildman–Crippen LogP) is 3.93. The summed E-state index contributed by atoms with van der Waals surface area (Å²) in [4.78, 5) is 14.5. The highest BCUT2D eigenvalue weighted by atomic mass is 16.4. The van der Waals surface area contributed by atoms with Gasteiger partial charge in [-0.3, -0.25) is 4.90 Å². The number of aryl methyl sites for hydroxylation is 2. The smallest absolute Gasteiger partial charge is 0.336 e. The minimum absolute atomic E-state index is 0.220. The Morgan fingerprint density at radius 3 is 2.74 bits per heavy atom. The summed E-state index contributed by atoms with van der Waals surface area (Å²) in [6, 6.07) is 9.93. The number of benzene rings is 1. The highest BCUT2D eigenvalue weighted by Gasteiger charge is 2.25. The van der Waals surface area contributed by atoms with Gasteiger partial charge in [0.2, 0.25) is 0 Å². The molecule has 4 rings (SSSR count). The third-order valence-corrected chi connectivity index (χ3v) is 5.62.